The summed E-state index contributed by atoms with van der Waals surface area (Å²) in [7, 11) is -3.66. The Bertz CT molecular complexity index is 1020. The molecule has 0 heterocycles. The number of rotatable bonds is 3. The van der Waals surface area contributed by atoms with Crippen LogP contribution in [0.3, 0.4) is 0 Å². The summed E-state index contributed by atoms with van der Waals surface area (Å²) in [5.74, 6) is 0. The number of sulfonamides is 1. The Morgan fingerprint density at radius 3 is 1.92 bits per heavy atom. The van der Waals surface area contributed by atoms with Gasteiger partial charge in [0.15, 0.2) is 0 Å². The lowest BCUT2D eigenvalue weighted by atomic mass is 9.93. The lowest BCUT2D eigenvalue weighted by molar-refractivity contribution is 0.598. The van der Waals surface area contributed by atoms with Gasteiger partial charge in [-0.25, -0.2) is 13.6 Å². The van der Waals surface area contributed by atoms with Gasteiger partial charge in [0.25, 0.3) is 0 Å². The molecule has 25 heavy (non-hydrogen) atoms. The molecule has 2 N–H and O–H groups in total. The molecule has 2 aromatic rings. The van der Waals surface area contributed by atoms with Crippen molar-refractivity contribution in [1.29, 1.82) is 0 Å². The molecule has 4 heteroatoms. The number of allylic oxidation sites excluding steroid dienone is 4. The predicted octanol–water partition coefficient (Wildman–Crippen LogP) is 4.21. The Balaban J connectivity index is 1.78. The van der Waals surface area contributed by atoms with Crippen LogP contribution in [0.2, 0.25) is 0 Å². The number of hydrogen-bond acceptors (Lipinski definition) is 2. The highest BCUT2D eigenvalue weighted by Crippen LogP contribution is 2.57. The second-order valence-electron chi connectivity index (χ2n) is 7.22. The normalized spacial score (nSPS) is 18.2. The van der Waals surface area contributed by atoms with Crippen LogP contribution in [0.4, 0.5) is 0 Å². The Kier molecular flexibility index (Phi) is 3.53. The second kappa shape index (κ2) is 5.41. The minimum atomic E-state index is -3.66. The summed E-state index contributed by atoms with van der Waals surface area (Å²) in [6, 6.07) is 13.4. The van der Waals surface area contributed by atoms with E-state index < -0.39 is 10.0 Å². The van der Waals surface area contributed by atoms with Gasteiger partial charge in [0.2, 0.25) is 10.0 Å². The summed E-state index contributed by atoms with van der Waals surface area (Å²) in [6.07, 6.45) is 7.07. The van der Waals surface area contributed by atoms with Gasteiger partial charge in [0.05, 0.1) is 4.90 Å². The van der Waals surface area contributed by atoms with Gasteiger partial charge in [-0.15, -0.1) is 0 Å². The van der Waals surface area contributed by atoms with Crippen molar-refractivity contribution in [2.24, 2.45) is 10.6 Å². The first-order valence-corrected chi connectivity index (χ1v) is 9.99. The standard InChI is InChI=1S/C21H21NO2S/c1-14-3-4-17(11-15(14)2)20-13-21(9-10-21)12-19(20)16-5-7-18(8-6-16)25(22,23)24/h3-8,11-13H,9-10H2,1-2H3,(H2,22,23,24). The van der Waals surface area contributed by atoms with Crippen LogP contribution in [-0.2, 0) is 10.0 Å². The fraction of sp³-hybridized carbons (Fsp3) is 0.238. The summed E-state index contributed by atoms with van der Waals surface area (Å²) in [6.45, 7) is 4.25. The molecule has 2 aliphatic rings. The monoisotopic (exact) mass is 351 g/mol. The van der Waals surface area contributed by atoms with Crippen molar-refractivity contribution in [2.45, 2.75) is 31.6 Å². The van der Waals surface area contributed by atoms with Gasteiger partial charge in [0, 0.05) is 5.41 Å². The van der Waals surface area contributed by atoms with E-state index in [1.54, 1.807) is 12.1 Å². The van der Waals surface area contributed by atoms with E-state index >= 15 is 0 Å². The van der Waals surface area contributed by atoms with Gasteiger partial charge in [0.1, 0.15) is 0 Å². The van der Waals surface area contributed by atoms with Gasteiger partial charge in [-0.1, -0.05) is 42.5 Å². The fourth-order valence-corrected chi connectivity index (χ4v) is 3.93. The molecule has 0 saturated heterocycles. The highest BCUT2D eigenvalue weighted by Gasteiger charge is 2.43. The Hall–Kier alpha value is -2.17. The summed E-state index contributed by atoms with van der Waals surface area (Å²) in [5, 5.41) is 5.21. The molecule has 3 nitrogen and oxygen atoms in total. The van der Waals surface area contributed by atoms with E-state index in [-0.39, 0.29) is 10.3 Å². The van der Waals surface area contributed by atoms with Gasteiger partial charge in [-0.2, -0.15) is 0 Å². The number of aryl methyl sites for hydroxylation is 2. The van der Waals surface area contributed by atoms with Crippen molar-refractivity contribution in [2.75, 3.05) is 0 Å². The maximum atomic E-state index is 11.5. The summed E-state index contributed by atoms with van der Waals surface area (Å²) < 4.78 is 23.0. The predicted molar refractivity (Wildman–Crippen MR) is 101 cm³/mol. The summed E-state index contributed by atoms with van der Waals surface area (Å²) in [4.78, 5) is 0.146. The lowest BCUT2D eigenvalue weighted by Crippen LogP contribution is -2.11. The highest BCUT2D eigenvalue weighted by molar-refractivity contribution is 7.89. The topological polar surface area (TPSA) is 60.2 Å². The molecule has 0 bridgehead atoms. The third-order valence-electron chi connectivity index (χ3n) is 5.29. The molecule has 2 aliphatic carbocycles. The van der Waals surface area contributed by atoms with Crippen LogP contribution >= 0.6 is 0 Å². The van der Waals surface area contributed by atoms with Gasteiger partial charge in [-0.3, -0.25) is 0 Å². The first-order chi connectivity index (χ1) is 11.8. The Morgan fingerprint density at radius 1 is 0.840 bits per heavy atom. The largest absolute Gasteiger partial charge is 0.238 e. The number of benzene rings is 2. The average Bonchev–Trinajstić information content (AvgIpc) is 3.20. The van der Waals surface area contributed by atoms with Gasteiger partial charge >= 0.3 is 0 Å². The van der Waals surface area contributed by atoms with Crippen molar-refractivity contribution in [3.8, 4) is 0 Å². The molecule has 4 rings (SSSR count). The van der Waals surface area contributed by atoms with Crippen molar-refractivity contribution < 1.29 is 8.42 Å². The minimum absolute atomic E-state index is 0.146. The van der Waals surface area contributed by atoms with Crippen molar-refractivity contribution in [3.05, 3.63) is 76.9 Å². The highest BCUT2D eigenvalue weighted by atomic mass is 32.2. The quantitative estimate of drug-likeness (QED) is 0.900. The van der Waals surface area contributed by atoms with Crippen LogP contribution < -0.4 is 5.14 Å². The molecule has 1 fully saturated rings. The molecule has 0 aromatic heterocycles. The molecule has 0 atom stereocenters. The molecular formula is C21H21NO2S. The molecule has 2 aromatic carbocycles. The number of hydrogen-bond donors (Lipinski definition) is 1. The smallest absolute Gasteiger partial charge is 0.225 e. The molecule has 1 saturated carbocycles. The van der Waals surface area contributed by atoms with E-state index in [1.807, 2.05) is 12.1 Å². The van der Waals surface area contributed by atoms with E-state index in [0.717, 1.165) is 5.56 Å². The van der Waals surface area contributed by atoms with Crippen LogP contribution in [0.15, 0.2) is 59.5 Å². The molecule has 0 radical (unpaired) electrons. The third-order valence-corrected chi connectivity index (χ3v) is 6.22. The zero-order valence-corrected chi connectivity index (χ0v) is 15.2. The molecular weight excluding hydrogens is 330 g/mol. The van der Waals surface area contributed by atoms with Gasteiger partial charge < -0.3 is 0 Å². The van der Waals surface area contributed by atoms with Crippen LogP contribution in [0.5, 0.6) is 0 Å². The first kappa shape index (κ1) is 16.3. The Morgan fingerprint density at radius 2 is 1.40 bits per heavy atom. The summed E-state index contributed by atoms with van der Waals surface area (Å²) in [5.41, 5.74) is 7.42. The van der Waals surface area contributed by atoms with Crippen LogP contribution in [0, 0.1) is 19.3 Å². The maximum absolute atomic E-state index is 11.5. The van der Waals surface area contributed by atoms with Crippen LogP contribution in [-0.4, -0.2) is 8.42 Å². The van der Waals surface area contributed by atoms with E-state index in [4.69, 9.17) is 5.14 Å². The van der Waals surface area contributed by atoms with E-state index in [9.17, 15) is 8.42 Å². The number of primary sulfonamides is 1. The van der Waals surface area contributed by atoms with Crippen molar-refractivity contribution in [3.63, 3.8) is 0 Å². The maximum Gasteiger partial charge on any atom is 0.238 e. The second-order valence-corrected chi connectivity index (χ2v) is 8.78. The molecule has 128 valence electrons. The average molecular weight is 351 g/mol. The van der Waals surface area contributed by atoms with E-state index in [2.05, 4.69) is 44.2 Å². The summed E-state index contributed by atoms with van der Waals surface area (Å²) >= 11 is 0. The Labute approximate surface area is 148 Å². The van der Waals surface area contributed by atoms with Crippen LogP contribution in [0.25, 0.3) is 11.1 Å². The molecule has 0 unspecified atom stereocenters. The number of nitrogens with two attached hydrogens (primary N) is 1. The van der Waals surface area contributed by atoms with Crippen molar-refractivity contribution in [1.82, 2.24) is 0 Å². The van der Waals surface area contributed by atoms with Crippen molar-refractivity contribution >= 4 is 21.2 Å². The third kappa shape index (κ3) is 2.96. The van der Waals surface area contributed by atoms with Gasteiger partial charge in [-0.05, 0) is 72.2 Å². The van der Waals surface area contributed by atoms with Crippen LogP contribution in [0.1, 0.15) is 35.1 Å². The molecule has 0 aliphatic heterocycles. The fourth-order valence-electron chi connectivity index (χ4n) is 3.42. The van der Waals surface area contributed by atoms with E-state index in [0.29, 0.717) is 0 Å². The first-order valence-electron chi connectivity index (χ1n) is 8.44. The SMILES string of the molecule is Cc1ccc(C2=CC3(C=C2c2ccc(S(N)(=O)=O)cc2)CC3)cc1C. The van der Waals surface area contributed by atoms with E-state index in [1.165, 1.54) is 40.7 Å². The molecule has 1 spiro atoms. The molecule has 0 amide bonds. The zero-order valence-electron chi connectivity index (χ0n) is 14.4. The zero-order chi connectivity index (χ0) is 17.8. The lowest BCUT2D eigenvalue weighted by Gasteiger charge is -2.12. The minimum Gasteiger partial charge on any atom is -0.225 e.